The summed E-state index contributed by atoms with van der Waals surface area (Å²) in [7, 11) is 0. The molecule has 0 spiro atoms. The van der Waals surface area contributed by atoms with Crippen LogP contribution in [-0.4, -0.2) is 4.98 Å². The average molecular weight is 178 g/mol. The van der Waals surface area contributed by atoms with Crippen molar-refractivity contribution in [1.82, 2.24) is 4.98 Å². The maximum absolute atomic E-state index is 5.55. The fourth-order valence-electron chi connectivity index (χ4n) is 1.18. The molecule has 0 aliphatic rings. The van der Waals surface area contributed by atoms with Crippen molar-refractivity contribution < 1.29 is 0 Å². The van der Waals surface area contributed by atoms with Gasteiger partial charge >= 0.3 is 0 Å². The number of aromatic nitrogens is 1. The summed E-state index contributed by atoms with van der Waals surface area (Å²) in [6, 6.07) is 3.93. The van der Waals surface area contributed by atoms with Crippen molar-refractivity contribution in [1.29, 1.82) is 0 Å². The number of nitrogens with zero attached hydrogens (tertiary/aromatic N) is 1. The minimum atomic E-state index is 0.743. The van der Waals surface area contributed by atoms with E-state index >= 15 is 0 Å². The van der Waals surface area contributed by atoms with E-state index in [1.54, 1.807) is 6.20 Å². The third kappa shape index (κ3) is 3.45. The lowest BCUT2D eigenvalue weighted by Crippen LogP contribution is -1.97. The number of hydrogen-bond donors (Lipinski definition) is 1. The first-order valence-corrected chi connectivity index (χ1v) is 4.92. The molecule has 0 bridgehead atoms. The molecule has 13 heavy (non-hydrogen) atoms. The minimum absolute atomic E-state index is 0.743. The molecular formula is C11H18N2. The molecule has 0 fully saturated rings. The molecule has 2 heteroatoms. The van der Waals surface area contributed by atoms with Gasteiger partial charge in [0.05, 0.1) is 11.9 Å². The van der Waals surface area contributed by atoms with Crippen LogP contribution in [0.1, 0.15) is 32.4 Å². The summed E-state index contributed by atoms with van der Waals surface area (Å²) in [5.41, 5.74) is 7.44. The Morgan fingerprint density at radius 2 is 2.23 bits per heavy atom. The van der Waals surface area contributed by atoms with Crippen LogP contribution < -0.4 is 5.73 Å². The van der Waals surface area contributed by atoms with E-state index < -0.39 is 0 Å². The third-order valence-electron chi connectivity index (χ3n) is 2.44. The van der Waals surface area contributed by atoms with Crippen molar-refractivity contribution in [2.75, 3.05) is 5.73 Å². The van der Waals surface area contributed by atoms with Crippen molar-refractivity contribution in [2.45, 2.75) is 33.1 Å². The third-order valence-corrected chi connectivity index (χ3v) is 2.44. The van der Waals surface area contributed by atoms with E-state index in [1.807, 2.05) is 12.1 Å². The molecule has 0 saturated heterocycles. The number of rotatable bonds is 4. The highest BCUT2D eigenvalue weighted by molar-refractivity contribution is 5.34. The summed E-state index contributed by atoms with van der Waals surface area (Å²) in [4.78, 5) is 4.26. The second kappa shape index (κ2) is 4.85. The molecular weight excluding hydrogens is 160 g/mol. The van der Waals surface area contributed by atoms with Gasteiger partial charge in [0.25, 0.3) is 0 Å². The second-order valence-electron chi connectivity index (χ2n) is 3.63. The lowest BCUT2D eigenvalue weighted by molar-refractivity contribution is 0.513. The monoisotopic (exact) mass is 178 g/mol. The van der Waals surface area contributed by atoms with Gasteiger partial charge in [-0.15, -0.1) is 0 Å². The Balaban J connectivity index is 2.41. The predicted octanol–water partition coefficient (Wildman–Crippen LogP) is 2.64. The van der Waals surface area contributed by atoms with Crippen LogP contribution in [0.25, 0.3) is 0 Å². The van der Waals surface area contributed by atoms with E-state index in [9.17, 15) is 0 Å². The molecule has 72 valence electrons. The zero-order chi connectivity index (χ0) is 9.68. The Hall–Kier alpha value is -1.05. The van der Waals surface area contributed by atoms with Gasteiger partial charge in [-0.25, -0.2) is 0 Å². The molecule has 0 aromatic carbocycles. The summed E-state index contributed by atoms with van der Waals surface area (Å²) in [5.74, 6) is 0.791. The predicted molar refractivity (Wildman–Crippen MR) is 56.4 cm³/mol. The Labute approximate surface area is 80.2 Å². The molecule has 2 N–H and O–H groups in total. The second-order valence-corrected chi connectivity index (χ2v) is 3.63. The smallest absolute Gasteiger partial charge is 0.0501 e. The maximum atomic E-state index is 5.55. The highest BCUT2D eigenvalue weighted by Crippen LogP contribution is 2.11. The first-order chi connectivity index (χ1) is 6.22. The van der Waals surface area contributed by atoms with Gasteiger partial charge in [-0.05, 0) is 30.9 Å². The molecule has 0 radical (unpaired) electrons. The summed E-state index contributed by atoms with van der Waals surface area (Å²) < 4.78 is 0. The van der Waals surface area contributed by atoms with Gasteiger partial charge in [-0.3, -0.25) is 4.98 Å². The molecule has 0 aliphatic carbocycles. The van der Waals surface area contributed by atoms with E-state index in [-0.39, 0.29) is 0 Å². The van der Waals surface area contributed by atoms with Crippen LogP contribution in [0, 0.1) is 5.92 Å². The molecule has 1 atom stereocenters. The van der Waals surface area contributed by atoms with E-state index in [0.717, 1.165) is 23.7 Å². The van der Waals surface area contributed by atoms with Crippen molar-refractivity contribution in [2.24, 2.45) is 5.92 Å². The Kier molecular flexibility index (Phi) is 3.74. The number of aryl methyl sites for hydroxylation is 1. The van der Waals surface area contributed by atoms with Crippen molar-refractivity contribution in [3.63, 3.8) is 0 Å². The van der Waals surface area contributed by atoms with E-state index in [1.165, 1.54) is 12.8 Å². The molecule has 1 unspecified atom stereocenters. The Bertz CT molecular complexity index is 241. The van der Waals surface area contributed by atoms with Crippen molar-refractivity contribution >= 4 is 5.69 Å². The van der Waals surface area contributed by atoms with Crippen LogP contribution in [0.4, 0.5) is 5.69 Å². The zero-order valence-corrected chi connectivity index (χ0v) is 8.46. The van der Waals surface area contributed by atoms with Crippen LogP contribution in [-0.2, 0) is 6.42 Å². The standard InChI is InChI=1S/C11H18N2/c1-3-9(2)4-6-11-7-5-10(12)8-13-11/h5,7-9H,3-4,6,12H2,1-2H3. The zero-order valence-electron chi connectivity index (χ0n) is 8.46. The topological polar surface area (TPSA) is 38.9 Å². The summed E-state index contributed by atoms with van der Waals surface area (Å²) in [5, 5.41) is 0. The summed E-state index contributed by atoms with van der Waals surface area (Å²) in [6.45, 7) is 4.50. The van der Waals surface area contributed by atoms with Crippen LogP contribution in [0.15, 0.2) is 18.3 Å². The lowest BCUT2D eigenvalue weighted by atomic mass is 10.0. The number of hydrogen-bond acceptors (Lipinski definition) is 2. The highest BCUT2D eigenvalue weighted by Gasteiger charge is 2.00. The average Bonchev–Trinajstić information content (AvgIpc) is 2.16. The van der Waals surface area contributed by atoms with Gasteiger partial charge < -0.3 is 5.73 Å². The Morgan fingerprint density at radius 3 is 2.77 bits per heavy atom. The fourth-order valence-corrected chi connectivity index (χ4v) is 1.18. The summed E-state index contributed by atoms with van der Waals surface area (Å²) >= 11 is 0. The largest absolute Gasteiger partial charge is 0.397 e. The molecule has 2 nitrogen and oxygen atoms in total. The van der Waals surface area contributed by atoms with E-state index in [0.29, 0.717) is 0 Å². The first-order valence-electron chi connectivity index (χ1n) is 4.92. The SMILES string of the molecule is CCC(C)CCc1ccc(N)cn1. The normalized spacial score (nSPS) is 12.8. The van der Waals surface area contributed by atoms with Crippen LogP contribution in [0.5, 0.6) is 0 Å². The van der Waals surface area contributed by atoms with Crippen molar-refractivity contribution in [3.05, 3.63) is 24.0 Å². The first kappa shape index (κ1) is 10.0. The quantitative estimate of drug-likeness (QED) is 0.769. The van der Waals surface area contributed by atoms with Crippen LogP contribution >= 0.6 is 0 Å². The lowest BCUT2D eigenvalue weighted by Gasteiger charge is -2.06. The van der Waals surface area contributed by atoms with E-state index in [2.05, 4.69) is 18.8 Å². The van der Waals surface area contributed by atoms with Gasteiger partial charge in [0.1, 0.15) is 0 Å². The van der Waals surface area contributed by atoms with Gasteiger partial charge in [-0.1, -0.05) is 20.3 Å². The van der Waals surface area contributed by atoms with E-state index in [4.69, 9.17) is 5.73 Å². The van der Waals surface area contributed by atoms with Crippen LogP contribution in [0.3, 0.4) is 0 Å². The molecule has 0 saturated carbocycles. The molecule has 1 rings (SSSR count). The van der Waals surface area contributed by atoms with Gasteiger partial charge in [0, 0.05) is 5.69 Å². The molecule has 1 heterocycles. The maximum Gasteiger partial charge on any atom is 0.0501 e. The number of anilines is 1. The number of nitrogens with two attached hydrogens (primary N) is 1. The van der Waals surface area contributed by atoms with Gasteiger partial charge in [-0.2, -0.15) is 0 Å². The fraction of sp³-hybridized carbons (Fsp3) is 0.545. The van der Waals surface area contributed by atoms with Crippen molar-refractivity contribution in [3.8, 4) is 0 Å². The van der Waals surface area contributed by atoms with Gasteiger partial charge in [0.2, 0.25) is 0 Å². The molecule has 0 amide bonds. The molecule has 1 aromatic rings. The van der Waals surface area contributed by atoms with Crippen LogP contribution in [0.2, 0.25) is 0 Å². The summed E-state index contributed by atoms with van der Waals surface area (Å²) in [6.07, 6.45) is 5.25. The highest BCUT2D eigenvalue weighted by atomic mass is 14.7. The van der Waals surface area contributed by atoms with Gasteiger partial charge in [0.15, 0.2) is 0 Å². The molecule has 1 aromatic heterocycles. The molecule has 0 aliphatic heterocycles. The number of pyridine rings is 1. The minimum Gasteiger partial charge on any atom is -0.397 e. The Morgan fingerprint density at radius 1 is 1.46 bits per heavy atom. The number of nitrogen functional groups attached to an aromatic ring is 1.